The Hall–Kier alpha value is -2.66. The molecular formula is C23H29N3O2. The smallest absolute Gasteiger partial charge is 0.248 e. The summed E-state index contributed by atoms with van der Waals surface area (Å²) in [5, 5.41) is 3.11. The van der Waals surface area contributed by atoms with Crippen molar-refractivity contribution in [2.75, 3.05) is 6.54 Å². The lowest BCUT2D eigenvalue weighted by molar-refractivity contribution is -0.123. The van der Waals surface area contributed by atoms with Crippen LogP contribution in [-0.2, 0) is 17.8 Å². The zero-order valence-corrected chi connectivity index (χ0v) is 16.7. The summed E-state index contributed by atoms with van der Waals surface area (Å²) >= 11 is 0. The Morgan fingerprint density at radius 3 is 2.21 bits per heavy atom. The third-order valence-electron chi connectivity index (χ3n) is 5.30. The number of carbonyl (C=O) groups is 2. The van der Waals surface area contributed by atoms with E-state index in [-0.39, 0.29) is 11.9 Å². The molecule has 0 heterocycles. The highest BCUT2D eigenvalue weighted by atomic mass is 16.2. The molecule has 28 heavy (non-hydrogen) atoms. The summed E-state index contributed by atoms with van der Waals surface area (Å²) in [6, 6.07) is 16.1. The van der Waals surface area contributed by atoms with Crippen molar-refractivity contribution in [3.05, 3.63) is 70.8 Å². The molecule has 0 aromatic heterocycles. The second kappa shape index (κ2) is 9.02. The molecule has 1 atom stereocenters. The van der Waals surface area contributed by atoms with Crippen LogP contribution in [0.1, 0.15) is 59.8 Å². The van der Waals surface area contributed by atoms with E-state index in [0.29, 0.717) is 24.7 Å². The van der Waals surface area contributed by atoms with Gasteiger partial charge in [0.15, 0.2) is 0 Å². The molecule has 0 saturated heterocycles. The summed E-state index contributed by atoms with van der Waals surface area (Å²) in [7, 11) is 0. The lowest BCUT2D eigenvalue weighted by atomic mass is 10.0. The van der Waals surface area contributed by atoms with Crippen molar-refractivity contribution < 1.29 is 9.59 Å². The Morgan fingerprint density at radius 2 is 1.68 bits per heavy atom. The number of nitrogens with one attached hydrogen (secondary N) is 1. The van der Waals surface area contributed by atoms with Gasteiger partial charge < -0.3 is 11.1 Å². The second-order valence-corrected chi connectivity index (χ2v) is 7.58. The molecule has 1 saturated carbocycles. The minimum Gasteiger partial charge on any atom is -0.366 e. The minimum atomic E-state index is -0.425. The lowest BCUT2D eigenvalue weighted by Gasteiger charge is -2.23. The van der Waals surface area contributed by atoms with Gasteiger partial charge >= 0.3 is 0 Å². The fourth-order valence-electron chi connectivity index (χ4n) is 3.36. The van der Waals surface area contributed by atoms with Crippen LogP contribution < -0.4 is 11.1 Å². The molecule has 3 rings (SSSR count). The molecule has 0 aliphatic heterocycles. The highest BCUT2D eigenvalue weighted by Crippen LogP contribution is 2.28. The number of benzene rings is 2. The molecule has 1 unspecified atom stereocenters. The monoisotopic (exact) mass is 379 g/mol. The highest BCUT2D eigenvalue weighted by Gasteiger charge is 2.30. The molecule has 1 aliphatic carbocycles. The Bertz CT molecular complexity index is 811. The van der Waals surface area contributed by atoms with E-state index in [1.165, 1.54) is 5.56 Å². The first-order chi connectivity index (χ1) is 13.5. The lowest BCUT2D eigenvalue weighted by Crippen LogP contribution is -2.39. The summed E-state index contributed by atoms with van der Waals surface area (Å²) in [5.41, 5.74) is 9.29. The van der Waals surface area contributed by atoms with Crippen molar-refractivity contribution in [2.24, 2.45) is 5.73 Å². The van der Waals surface area contributed by atoms with E-state index in [1.807, 2.05) is 19.1 Å². The first kappa shape index (κ1) is 20.1. The quantitative estimate of drug-likeness (QED) is 0.703. The van der Waals surface area contributed by atoms with Crippen molar-refractivity contribution in [2.45, 2.75) is 51.7 Å². The van der Waals surface area contributed by atoms with E-state index in [1.54, 1.807) is 12.1 Å². The van der Waals surface area contributed by atoms with Crippen LogP contribution in [0.5, 0.6) is 0 Å². The topological polar surface area (TPSA) is 75.4 Å². The normalized spacial score (nSPS) is 14.7. The number of amides is 2. The molecule has 0 radical (unpaired) electrons. The fraction of sp³-hybridized carbons (Fsp3) is 0.391. The summed E-state index contributed by atoms with van der Waals surface area (Å²) in [5.74, 6) is -0.390. The number of primary amides is 1. The van der Waals surface area contributed by atoms with Gasteiger partial charge in [-0.15, -0.1) is 0 Å². The molecule has 2 aromatic rings. The van der Waals surface area contributed by atoms with Gasteiger partial charge in [-0.3, -0.25) is 14.5 Å². The number of rotatable bonds is 9. The minimum absolute atomic E-state index is 0.0192. The third kappa shape index (κ3) is 5.42. The van der Waals surface area contributed by atoms with Gasteiger partial charge in [0.1, 0.15) is 0 Å². The van der Waals surface area contributed by atoms with Crippen LogP contribution in [0.2, 0.25) is 0 Å². The molecule has 0 spiro atoms. The molecule has 2 aromatic carbocycles. The largest absolute Gasteiger partial charge is 0.366 e. The Balaban J connectivity index is 1.57. The van der Waals surface area contributed by atoms with Crippen molar-refractivity contribution >= 4 is 11.8 Å². The number of nitrogens with two attached hydrogens (primary N) is 1. The molecule has 2 amide bonds. The van der Waals surface area contributed by atoms with E-state index in [2.05, 4.69) is 41.4 Å². The van der Waals surface area contributed by atoms with Crippen molar-refractivity contribution in [1.29, 1.82) is 0 Å². The molecule has 5 nitrogen and oxygen atoms in total. The van der Waals surface area contributed by atoms with Crippen LogP contribution in [-0.4, -0.2) is 29.3 Å². The molecule has 5 heteroatoms. The predicted molar refractivity (Wildman–Crippen MR) is 111 cm³/mol. The van der Waals surface area contributed by atoms with Crippen LogP contribution in [0.25, 0.3) is 0 Å². The number of hydrogen-bond acceptors (Lipinski definition) is 3. The molecule has 148 valence electrons. The number of carbonyl (C=O) groups excluding carboxylic acids is 2. The summed E-state index contributed by atoms with van der Waals surface area (Å²) in [6.07, 6.45) is 3.26. The zero-order valence-electron chi connectivity index (χ0n) is 16.7. The molecule has 3 N–H and O–H groups in total. The maximum Gasteiger partial charge on any atom is 0.248 e. The van der Waals surface area contributed by atoms with Crippen LogP contribution in [0.3, 0.4) is 0 Å². The summed E-state index contributed by atoms with van der Waals surface area (Å²) < 4.78 is 0. The van der Waals surface area contributed by atoms with Gasteiger partial charge in [0.05, 0.1) is 12.6 Å². The van der Waals surface area contributed by atoms with Crippen LogP contribution in [0.4, 0.5) is 0 Å². The van der Waals surface area contributed by atoms with Gasteiger partial charge in [0.25, 0.3) is 0 Å². The maximum atomic E-state index is 12.6. The number of aryl methyl sites for hydroxylation is 1. The van der Waals surface area contributed by atoms with E-state index < -0.39 is 5.91 Å². The maximum absolute atomic E-state index is 12.6. The van der Waals surface area contributed by atoms with Crippen LogP contribution >= 0.6 is 0 Å². The second-order valence-electron chi connectivity index (χ2n) is 7.58. The van der Waals surface area contributed by atoms with Crippen molar-refractivity contribution in [1.82, 2.24) is 10.2 Å². The van der Waals surface area contributed by atoms with E-state index in [4.69, 9.17) is 5.73 Å². The third-order valence-corrected chi connectivity index (χ3v) is 5.30. The molecule has 1 fully saturated rings. The van der Waals surface area contributed by atoms with Gasteiger partial charge in [0.2, 0.25) is 11.8 Å². The van der Waals surface area contributed by atoms with Gasteiger partial charge in [-0.1, -0.05) is 43.3 Å². The SMILES string of the molecule is CCc1ccc(C(C)NC(=O)CN(Cc2ccc(C(N)=O)cc2)C2CC2)cc1. The van der Waals surface area contributed by atoms with Crippen LogP contribution in [0.15, 0.2) is 48.5 Å². The van der Waals surface area contributed by atoms with Gasteiger partial charge in [0, 0.05) is 18.2 Å². The fourth-order valence-corrected chi connectivity index (χ4v) is 3.36. The van der Waals surface area contributed by atoms with Crippen molar-refractivity contribution in [3.63, 3.8) is 0 Å². The van der Waals surface area contributed by atoms with E-state index >= 15 is 0 Å². The van der Waals surface area contributed by atoms with Gasteiger partial charge in [-0.25, -0.2) is 0 Å². The molecule has 1 aliphatic rings. The molecular weight excluding hydrogens is 350 g/mol. The van der Waals surface area contributed by atoms with Gasteiger partial charge in [-0.2, -0.15) is 0 Å². The first-order valence-corrected chi connectivity index (χ1v) is 9.97. The van der Waals surface area contributed by atoms with E-state index in [0.717, 1.165) is 30.4 Å². The zero-order chi connectivity index (χ0) is 20.1. The first-order valence-electron chi connectivity index (χ1n) is 9.97. The summed E-state index contributed by atoms with van der Waals surface area (Å²) in [4.78, 5) is 26.0. The highest BCUT2D eigenvalue weighted by molar-refractivity contribution is 5.92. The Morgan fingerprint density at radius 1 is 1.07 bits per heavy atom. The molecule has 0 bridgehead atoms. The summed E-state index contributed by atoms with van der Waals surface area (Å²) in [6.45, 7) is 5.22. The average molecular weight is 380 g/mol. The number of hydrogen-bond donors (Lipinski definition) is 2. The standard InChI is InChI=1S/C23H29N3O2/c1-3-17-4-8-19(9-5-17)16(2)25-22(27)15-26(21-12-13-21)14-18-6-10-20(11-7-18)23(24)28/h4-11,16,21H,3,12-15H2,1-2H3,(H2,24,28)(H,25,27). The number of nitrogens with zero attached hydrogens (tertiary/aromatic N) is 1. The van der Waals surface area contributed by atoms with Gasteiger partial charge in [-0.05, 0) is 55.0 Å². The van der Waals surface area contributed by atoms with E-state index in [9.17, 15) is 9.59 Å². The Kier molecular flexibility index (Phi) is 6.47. The van der Waals surface area contributed by atoms with Crippen LogP contribution in [0, 0.1) is 0 Å². The average Bonchev–Trinajstić information content (AvgIpc) is 3.53. The van der Waals surface area contributed by atoms with Crippen molar-refractivity contribution in [3.8, 4) is 0 Å². The predicted octanol–water partition coefficient (Wildman–Crippen LogP) is 3.19. The Labute approximate surface area is 166 Å².